The zero-order valence-corrected chi connectivity index (χ0v) is 14.4. The van der Waals surface area contributed by atoms with Crippen molar-refractivity contribution in [2.75, 3.05) is 27.4 Å². The number of carbonyl (C=O) groups is 2. The van der Waals surface area contributed by atoms with E-state index in [2.05, 4.69) is 0 Å². The van der Waals surface area contributed by atoms with Crippen LogP contribution in [0.15, 0.2) is 42.5 Å². The fraction of sp³-hybridized carbons (Fsp3) is 0.263. The molecule has 1 heterocycles. The van der Waals surface area contributed by atoms with Gasteiger partial charge in [-0.05, 0) is 24.3 Å². The monoisotopic (exact) mass is 358 g/mol. The van der Waals surface area contributed by atoms with Crippen LogP contribution in [0.5, 0.6) is 23.0 Å². The predicted octanol–water partition coefficient (Wildman–Crippen LogP) is 2.27. The highest BCUT2D eigenvalue weighted by molar-refractivity contribution is 6.00. The smallest absolute Gasteiger partial charge is 0.351 e. The van der Waals surface area contributed by atoms with E-state index >= 15 is 0 Å². The van der Waals surface area contributed by atoms with Crippen LogP contribution in [0.1, 0.15) is 10.4 Å². The van der Waals surface area contributed by atoms with Gasteiger partial charge in [-0.3, -0.25) is 4.79 Å². The number of fused-ring (bicyclic) bond motifs is 1. The Bertz CT molecular complexity index is 815. The molecule has 1 unspecified atom stereocenters. The Balaban J connectivity index is 1.61. The molecule has 0 saturated carbocycles. The van der Waals surface area contributed by atoms with Crippen LogP contribution >= 0.6 is 0 Å². The van der Waals surface area contributed by atoms with Crippen molar-refractivity contribution in [2.24, 2.45) is 0 Å². The van der Waals surface area contributed by atoms with Gasteiger partial charge in [-0.1, -0.05) is 12.1 Å². The summed E-state index contributed by atoms with van der Waals surface area (Å²) in [6.07, 6.45) is -0.921. The molecule has 0 aliphatic carbocycles. The molecule has 2 aromatic carbocycles. The molecule has 0 saturated heterocycles. The van der Waals surface area contributed by atoms with Crippen LogP contribution in [-0.4, -0.2) is 45.3 Å². The molecule has 0 N–H and O–H groups in total. The van der Waals surface area contributed by atoms with Crippen molar-refractivity contribution in [2.45, 2.75) is 6.10 Å². The molecule has 1 aliphatic heterocycles. The fourth-order valence-electron chi connectivity index (χ4n) is 2.47. The minimum Gasteiger partial charge on any atom is -0.497 e. The van der Waals surface area contributed by atoms with Crippen molar-refractivity contribution in [3.8, 4) is 23.0 Å². The summed E-state index contributed by atoms with van der Waals surface area (Å²) in [5, 5.41) is 0. The Morgan fingerprint density at radius 2 is 1.85 bits per heavy atom. The molecular formula is C19H18O7. The first-order valence-corrected chi connectivity index (χ1v) is 7.92. The Kier molecular flexibility index (Phi) is 5.26. The zero-order chi connectivity index (χ0) is 18.5. The summed E-state index contributed by atoms with van der Waals surface area (Å²) in [6, 6.07) is 11.8. The lowest BCUT2D eigenvalue weighted by atomic mass is 10.1. The SMILES string of the molecule is COc1ccc(C(=O)COC(=O)C2COc3ccccc3O2)c(OC)c1. The van der Waals surface area contributed by atoms with Crippen molar-refractivity contribution in [1.82, 2.24) is 0 Å². The largest absolute Gasteiger partial charge is 0.497 e. The lowest BCUT2D eigenvalue weighted by Gasteiger charge is -2.24. The summed E-state index contributed by atoms with van der Waals surface area (Å²) in [6.45, 7) is -0.404. The number of hydrogen-bond donors (Lipinski definition) is 0. The Morgan fingerprint density at radius 3 is 2.58 bits per heavy atom. The van der Waals surface area contributed by atoms with Gasteiger partial charge in [0.1, 0.15) is 18.1 Å². The Morgan fingerprint density at radius 1 is 1.08 bits per heavy atom. The maximum Gasteiger partial charge on any atom is 0.351 e. The van der Waals surface area contributed by atoms with Gasteiger partial charge in [0.25, 0.3) is 0 Å². The van der Waals surface area contributed by atoms with Crippen molar-refractivity contribution in [3.63, 3.8) is 0 Å². The van der Waals surface area contributed by atoms with E-state index in [1.807, 2.05) is 6.07 Å². The normalized spacial score (nSPS) is 15.1. The van der Waals surface area contributed by atoms with Gasteiger partial charge in [0.2, 0.25) is 11.9 Å². The molecule has 7 nitrogen and oxygen atoms in total. The first-order valence-electron chi connectivity index (χ1n) is 7.92. The van der Waals surface area contributed by atoms with Gasteiger partial charge in [-0.15, -0.1) is 0 Å². The number of rotatable bonds is 6. The molecule has 7 heteroatoms. The second kappa shape index (κ2) is 7.77. The van der Waals surface area contributed by atoms with E-state index in [1.54, 1.807) is 36.4 Å². The van der Waals surface area contributed by atoms with Crippen LogP contribution in [0, 0.1) is 0 Å². The van der Waals surface area contributed by atoms with E-state index in [0.29, 0.717) is 28.6 Å². The summed E-state index contributed by atoms with van der Waals surface area (Å²) in [5.41, 5.74) is 0.298. The molecule has 26 heavy (non-hydrogen) atoms. The minimum atomic E-state index is -0.921. The molecule has 1 aliphatic rings. The Hall–Kier alpha value is -3.22. The topological polar surface area (TPSA) is 80.3 Å². The van der Waals surface area contributed by atoms with Crippen LogP contribution in [0.4, 0.5) is 0 Å². The number of ketones is 1. The maximum atomic E-state index is 12.3. The van der Waals surface area contributed by atoms with Crippen LogP contribution in [0.25, 0.3) is 0 Å². The molecular weight excluding hydrogens is 340 g/mol. The third kappa shape index (κ3) is 3.72. The van der Waals surface area contributed by atoms with Gasteiger partial charge in [-0.2, -0.15) is 0 Å². The van der Waals surface area contributed by atoms with Crippen LogP contribution in [0.2, 0.25) is 0 Å². The van der Waals surface area contributed by atoms with Crippen molar-refractivity contribution < 1.29 is 33.3 Å². The molecule has 1 atom stereocenters. The third-order valence-electron chi connectivity index (χ3n) is 3.83. The number of para-hydroxylation sites is 2. The van der Waals surface area contributed by atoms with Crippen molar-refractivity contribution >= 4 is 11.8 Å². The summed E-state index contributed by atoms with van der Waals surface area (Å²) < 4.78 is 26.4. The standard InChI is InChI=1S/C19H18O7/c1-22-12-7-8-13(17(9-12)23-2)14(20)10-25-19(21)18-11-24-15-5-3-4-6-16(15)26-18/h3-9,18H,10-11H2,1-2H3. The minimum absolute atomic E-state index is 0.0237. The van der Waals surface area contributed by atoms with E-state index in [4.69, 9.17) is 23.7 Å². The highest BCUT2D eigenvalue weighted by Gasteiger charge is 2.29. The van der Waals surface area contributed by atoms with Crippen molar-refractivity contribution in [3.05, 3.63) is 48.0 Å². The number of esters is 1. The van der Waals surface area contributed by atoms with E-state index in [0.717, 1.165) is 0 Å². The number of methoxy groups -OCH3 is 2. The second-order valence-electron chi connectivity index (χ2n) is 5.46. The second-order valence-corrected chi connectivity index (χ2v) is 5.46. The number of carbonyl (C=O) groups excluding carboxylic acids is 2. The molecule has 136 valence electrons. The lowest BCUT2D eigenvalue weighted by Crippen LogP contribution is -2.38. The van der Waals surface area contributed by atoms with Gasteiger partial charge < -0.3 is 23.7 Å². The first-order chi connectivity index (χ1) is 12.6. The molecule has 3 rings (SSSR count). The van der Waals surface area contributed by atoms with Gasteiger partial charge in [-0.25, -0.2) is 4.79 Å². The first kappa shape index (κ1) is 17.6. The molecule has 0 amide bonds. The molecule has 0 spiro atoms. The lowest BCUT2D eigenvalue weighted by molar-refractivity contribution is -0.153. The predicted molar refractivity (Wildman–Crippen MR) is 91.2 cm³/mol. The van der Waals surface area contributed by atoms with E-state index < -0.39 is 24.5 Å². The van der Waals surface area contributed by atoms with E-state index in [1.165, 1.54) is 14.2 Å². The molecule has 0 bridgehead atoms. The Labute approximate surface area is 150 Å². The maximum absolute atomic E-state index is 12.3. The highest BCUT2D eigenvalue weighted by Crippen LogP contribution is 2.31. The van der Waals surface area contributed by atoms with E-state index in [9.17, 15) is 9.59 Å². The van der Waals surface area contributed by atoms with E-state index in [-0.39, 0.29) is 6.61 Å². The molecule has 0 aromatic heterocycles. The molecule has 2 aromatic rings. The summed E-state index contributed by atoms with van der Waals surface area (Å²) in [4.78, 5) is 24.5. The van der Waals surface area contributed by atoms with Crippen LogP contribution in [0.3, 0.4) is 0 Å². The number of benzene rings is 2. The highest BCUT2D eigenvalue weighted by atomic mass is 16.6. The average molecular weight is 358 g/mol. The fourth-order valence-corrected chi connectivity index (χ4v) is 2.47. The quantitative estimate of drug-likeness (QED) is 0.579. The number of Topliss-reactive ketones (excluding diaryl/α,β-unsaturated/α-hetero) is 1. The molecule has 0 fully saturated rings. The van der Waals surface area contributed by atoms with Crippen molar-refractivity contribution in [1.29, 1.82) is 0 Å². The van der Waals surface area contributed by atoms with Gasteiger partial charge >= 0.3 is 5.97 Å². The summed E-state index contributed by atoms with van der Waals surface area (Å²) >= 11 is 0. The number of hydrogen-bond acceptors (Lipinski definition) is 7. The summed E-state index contributed by atoms with van der Waals surface area (Å²) in [7, 11) is 2.96. The van der Waals surface area contributed by atoms with Gasteiger partial charge in [0, 0.05) is 6.07 Å². The third-order valence-corrected chi connectivity index (χ3v) is 3.83. The van der Waals surface area contributed by atoms with Gasteiger partial charge in [0.05, 0.1) is 19.8 Å². The van der Waals surface area contributed by atoms with Crippen LogP contribution < -0.4 is 18.9 Å². The summed E-state index contributed by atoms with van der Waals surface area (Å²) in [5.74, 6) is 0.869. The van der Waals surface area contributed by atoms with Gasteiger partial charge in [0.15, 0.2) is 18.1 Å². The molecule has 0 radical (unpaired) electrons. The number of ether oxygens (including phenoxy) is 5. The average Bonchev–Trinajstić information content (AvgIpc) is 2.70. The zero-order valence-electron chi connectivity index (χ0n) is 14.4. The van der Waals surface area contributed by atoms with Crippen LogP contribution in [-0.2, 0) is 9.53 Å².